The average molecular weight is 548 g/mol. The van der Waals surface area contributed by atoms with Gasteiger partial charge >= 0.3 is 5.97 Å². The van der Waals surface area contributed by atoms with Crippen molar-refractivity contribution < 1.29 is 34.8 Å². The van der Waals surface area contributed by atoms with Gasteiger partial charge in [-0.05, 0) is 74.8 Å². The normalized spacial score (nSPS) is 22.7. The number of allylic oxidation sites excluding steroid dienone is 2. The molecular formula is C29H38ClNO7. The van der Waals surface area contributed by atoms with Crippen LogP contribution in [0.5, 0.6) is 5.75 Å². The molecule has 9 heteroatoms. The molecule has 4 atom stereocenters. The number of aromatic hydroxyl groups is 1. The Hall–Kier alpha value is -2.68. The molecule has 38 heavy (non-hydrogen) atoms. The monoisotopic (exact) mass is 547 g/mol. The highest BCUT2D eigenvalue weighted by Crippen LogP contribution is 2.47. The Kier molecular flexibility index (Phi) is 10.5. The Morgan fingerprint density at radius 2 is 1.92 bits per heavy atom. The standard InChI is InChI=1S/C29H38ClNO7/c1-3-18-14-21-27(29(38)31(28(21)37)12-6-4-5-7-25(35)36)22(16-32)26(18)24(34)11-8-17(2)13-19-9-10-20(33)15-23(19)30/h9-10,13,15,21-22,24,27,32-34H,3-8,11-12,14,16H2,1-2H3,(H,35,36)/b17-13+/t21-,22+,24-,27-/m1/s1. The molecule has 2 aliphatic rings. The molecule has 0 radical (unpaired) electrons. The second-order valence-electron chi connectivity index (χ2n) is 10.3. The van der Waals surface area contributed by atoms with Crippen molar-refractivity contribution in [2.45, 2.75) is 71.3 Å². The molecule has 1 aliphatic heterocycles. The molecule has 1 fully saturated rings. The number of imide groups is 1. The molecule has 1 aromatic rings. The Morgan fingerprint density at radius 1 is 1.18 bits per heavy atom. The molecule has 1 aliphatic carbocycles. The zero-order valence-corrected chi connectivity index (χ0v) is 22.8. The van der Waals surface area contributed by atoms with E-state index < -0.39 is 29.8 Å². The predicted molar refractivity (Wildman–Crippen MR) is 144 cm³/mol. The summed E-state index contributed by atoms with van der Waals surface area (Å²) in [6.45, 7) is 3.79. The number of carboxylic acid groups (broad SMARTS) is 1. The summed E-state index contributed by atoms with van der Waals surface area (Å²) < 4.78 is 0. The minimum atomic E-state index is -0.866. The lowest BCUT2D eigenvalue weighted by Gasteiger charge is -2.36. The SMILES string of the molecule is CCC1=C([C@H](O)CC/C(C)=C/c2ccc(O)cc2Cl)[C@H](CO)[C@@H]2C(=O)N(CCCCCC(=O)O)C(=O)[C@@H]2C1. The van der Waals surface area contributed by atoms with Gasteiger partial charge in [0.15, 0.2) is 0 Å². The first-order valence-corrected chi connectivity index (χ1v) is 13.7. The van der Waals surface area contributed by atoms with Crippen molar-refractivity contribution in [1.82, 2.24) is 4.90 Å². The van der Waals surface area contributed by atoms with Crippen LogP contribution in [0.1, 0.15) is 70.8 Å². The molecule has 1 saturated heterocycles. The van der Waals surface area contributed by atoms with E-state index in [4.69, 9.17) is 16.7 Å². The number of phenolic OH excluding ortho intramolecular Hbond substituents is 1. The van der Waals surface area contributed by atoms with Crippen LogP contribution in [0.25, 0.3) is 6.08 Å². The fraction of sp³-hybridized carbons (Fsp3) is 0.552. The van der Waals surface area contributed by atoms with Crippen molar-refractivity contribution in [2.24, 2.45) is 17.8 Å². The Morgan fingerprint density at radius 3 is 2.55 bits per heavy atom. The van der Waals surface area contributed by atoms with E-state index in [0.717, 1.165) is 16.7 Å². The first-order valence-electron chi connectivity index (χ1n) is 13.3. The summed E-state index contributed by atoms with van der Waals surface area (Å²) in [6.07, 6.45) is 4.67. The third-order valence-electron chi connectivity index (χ3n) is 7.73. The van der Waals surface area contributed by atoms with E-state index in [1.165, 1.54) is 11.0 Å². The maximum atomic E-state index is 13.3. The number of phenols is 1. The topological polar surface area (TPSA) is 135 Å². The van der Waals surface area contributed by atoms with Crippen molar-refractivity contribution in [2.75, 3.05) is 13.2 Å². The van der Waals surface area contributed by atoms with Crippen LogP contribution >= 0.6 is 11.6 Å². The van der Waals surface area contributed by atoms with E-state index >= 15 is 0 Å². The Balaban J connectivity index is 1.71. The molecule has 1 aromatic carbocycles. The van der Waals surface area contributed by atoms with E-state index in [2.05, 4.69) is 0 Å². The van der Waals surface area contributed by atoms with Crippen molar-refractivity contribution in [1.29, 1.82) is 0 Å². The zero-order chi connectivity index (χ0) is 28.0. The number of nitrogens with zero attached hydrogens (tertiary/aromatic N) is 1. The van der Waals surface area contributed by atoms with Crippen LogP contribution in [0.4, 0.5) is 0 Å². The number of halogens is 1. The molecule has 0 bridgehead atoms. The van der Waals surface area contributed by atoms with Gasteiger partial charge in [0.25, 0.3) is 0 Å². The highest BCUT2D eigenvalue weighted by atomic mass is 35.5. The highest BCUT2D eigenvalue weighted by molar-refractivity contribution is 6.32. The van der Waals surface area contributed by atoms with Gasteiger partial charge in [-0.3, -0.25) is 19.3 Å². The number of likely N-dealkylation sites (tertiary alicyclic amines) is 1. The minimum absolute atomic E-state index is 0.0569. The summed E-state index contributed by atoms with van der Waals surface area (Å²) in [5.41, 5.74) is 3.34. The number of fused-ring (bicyclic) bond motifs is 1. The third kappa shape index (κ3) is 6.84. The molecule has 2 amide bonds. The second-order valence-corrected chi connectivity index (χ2v) is 10.7. The van der Waals surface area contributed by atoms with Gasteiger partial charge in [0.2, 0.25) is 11.8 Å². The average Bonchev–Trinajstić information content (AvgIpc) is 3.11. The summed E-state index contributed by atoms with van der Waals surface area (Å²) >= 11 is 6.21. The first kappa shape index (κ1) is 29.9. The fourth-order valence-electron chi connectivity index (χ4n) is 5.80. The molecule has 0 aromatic heterocycles. The molecule has 8 nitrogen and oxygen atoms in total. The summed E-state index contributed by atoms with van der Waals surface area (Å²) in [4.78, 5) is 38.5. The zero-order valence-electron chi connectivity index (χ0n) is 22.0. The number of aliphatic carboxylic acids is 1. The van der Waals surface area contributed by atoms with E-state index in [-0.39, 0.29) is 37.1 Å². The number of carbonyl (C=O) groups is 3. The van der Waals surface area contributed by atoms with E-state index in [1.54, 1.807) is 12.1 Å². The van der Waals surface area contributed by atoms with E-state index in [1.807, 2.05) is 19.9 Å². The quantitative estimate of drug-likeness (QED) is 0.161. The molecule has 208 valence electrons. The molecule has 3 rings (SSSR count). The highest BCUT2D eigenvalue weighted by Gasteiger charge is 2.54. The smallest absolute Gasteiger partial charge is 0.303 e. The lowest BCUT2D eigenvalue weighted by atomic mass is 9.67. The third-order valence-corrected chi connectivity index (χ3v) is 8.06. The number of carboxylic acids is 1. The van der Waals surface area contributed by atoms with Crippen molar-refractivity contribution in [3.8, 4) is 5.75 Å². The summed E-state index contributed by atoms with van der Waals surface area (Å²) in [6, 6.07) is 4.75. The number of hydrogen-bond acceptors (Lipinski definition) is 6. The number of unbranched alkanes of at least 4 members (excludes halogenated alkanes) is 2. The largest absolute Gasteiger partial charge is 0.508 e. The van der Waals surface area contributed by atoms with E-state index in [9.17, 15) is 29.7 Å². The molecule has 1 heterocycles. The number of carbonyl (C=O) groups excluding carboxylic acids is 2. The van der Waals surface area contributed by atoms with Gasteiger partial charge in [0, 0.05) is 18.9 Å². The van der Waals surface area contributed by atoms with E-state index in [0.29, 0.717) is 55.5 Å². The predicted octanol–water partition coefficient (Wildman–Crippen LogP) is 4.56. The van der Waals surface area contributed by atoms with Crippen LogP contribution < -0.4 is 0 Å². The van der Waals surface area contributed by atoms with Gasteiger partial charge in [-0.2, -0.15) is 0 Å². The number of benzene rings is 1. The van der Waals surface area contributed by atoms with Gasteiger partial charge in [0.05, 0.1) is 29.6 Å². The van der Waals surface area contributed by atoms with Crippen LogP contribution in [0, 0.1) is 17.8 Å². The van der Waals surface area contributed by atoms with Crippen LogP contribution in [0.15, 0.2) is 34.9 Å². The van der Waals surface area contributed by atoms with Crippen LogP contribution in [-0.4, -0.2) is 62.4 Å². The lowest BCUT2D eigenvalue weighted by Crippen LogP contribution is -2.39. The minimum Gasteiger partial charge on any atom is -0.508 e. The first-order chi connectivity index (χ1) is 18.1. The number of rotatable bonds is 13. The van der Waals surface area contributed by atoms with Crippen molar-refractivity contribution in [3.05, 3.63) is 45.5 Å². The molecular weight excluding hydrogens is 510 g/mol. The second kappa shape index (κ2) is 13.4. The fourth-order valence-corrected chi connectivity index (χ4v) is 6.03. The molecule has 0 saturated carbocycles. The van der Waals surface area contributed by atoms with Gasteiger partial charge in [0.1, 0.15) is 5.75 Å². The van der Waals surface area contributed by atoms with Crippen molar-refractivity contribution in [3.63, 3.8) is 0 Å². The van der Waals surface area contributed by atoms with Gasteiger partial charge in [-0.15, -0.1) is 0 Å². The summed E-state index contributed by atoms with van der Waals surface area (Å²) in [7, 11) is 0. The van der Waals surface area contributed by atoms with Crippen LogP contribution in [0.2, 0.25) is 5.02 Å². The van der Waals surface area contributed by atoms with Crippen LogP contribution in [0.3, 0.4) is 0 Å². The van der Waals surface area contributed by atoms with Gasteiger partial charge in [-0.25, -0.2) is 0 Å². The maximum absolute atomic E-state index is 13.3. The summed E-state index contributed by atoms with van der Waals surface area (Å²) in [5.74, 6) is -3.18. The Bertz CT molecular complexity index is 1110. The van der Waals surface area contributed by atoms with Gasteiger partial charge in [-0.1, -0.05) is 42.2 Å². The van der Waals surface area contributed by atoms with Gasteiger partial charge < -0.3 is 20.4 Å². The number of hydrogen-bond donors (Lipinski definition) is 4. The number of amides is 2. The number of aliphatic hydroxyl groups is 2. The molecule has 0 spiro atoms. The van der Waals surface area contributed by atoms with Crippen molar-refractivity contribution >= 4 is 35.5 Å². The lowest BCUT2D eigenvalue weighted by molar-refractivity contribution is -0.141. The number of aliphatic hydroxyl groups excluding tert-OH is 2. The Labute approximate surface area is 228 Å². The molecule has 0 unspecified atom stereocenters. The maximum Gasteiger partial charge on any atom is 0.303 e. The van der Waals surface area contributed by atoms with Crippen LogP contribution in [-0.2, 0) is 14.4 Å². The summed E-state index contributed by atoms with van der Waals surface area (Å²) in [5, 5.41) is 40.4. The molecule has 4 N–H and O–H groups in total.